The molecule has 0 radical (unpaired) electrons. The van der Waals surface area contributed by atoms with E-state index >= 15 is 0 Å². The highest BCUT2D eigenvalue weighted by Crippen LogP contribution is 2.20. The van der Waals surface area contributed by atoms with Gasteiger partial charge in [-0.2, -0.15) is 0 Å². The lowest BCUT2D eigenvalue weighted by molar-refractivity contribution is -0.385. The number of nitro groups is 1. The monoisotopic (exact) mass is 300 g/mol. The van der Waals surface area contributed by atoms with Gasteiger partial charge in [-0.05, 0) is 13.0 Å². The molecular weight excluding hydrogens is 284 g/mol. The number of carbonyl (C=O) groups excluding carboxylic acids is 1. The second-order valence-corrected chi connectivity index (χ2v) is 5.11. The molecule has 0 N–H and O–H groups in total. The van der Waals surface area contributed by atoms with E-state index in [1.165, 1.54) is 18.1 Å². The molecule has 20 heavy (non-hydrogen) atoms. The summed E-state index contributed by atoms with van der Waals surface area (Å²) in [7, 11) is 3.12. The van der Waals surface area contributed by atoms with Crippen LogP contribution in [0.2, 0.25) is 0 Å². The molecule has 7 heteroatoms. The lowest BCUT2D eigenvalue weighted by atomic mass is 10.1. The van der Waals surface area contributed by atoms with Crippen LogP contribution < -0.4 is 0 Å². The number of aryl methyl sites for hydroxylation is 1. The van der Waals surface area contributed by atoms with Crippen LogP contribution in [0.25, 0.3) is 0 Å². The first-order valence-corrected chi connectivity index (χ1v) is 6.44. The summed E-state index contributed by atoms with van der Waals surface area (Å²) in [5.74, 6) is -0.310. The van der Waals surface area contributed by atoms with Gasteiger partial charge in [0.15, 0.2) is 0 Å². The Morgan fingerprint density at radius 1 is 1.55 bits per heavy atom. The molecule has 0 fully saturated rings. The Labute approximate surface area is 122 Å². The van der Waals surface area contributed by atoms with Crippen molar-refractivity contribution in [2.45, 2.75) is 12.3 Å². The van der Waals surface area contributed by atoms with Gasteiger partial charge < -0.3 is 9.64 Å². The van der Waals surface area contributed by atoms with E-state index in [9.17, 15) is 14.9 Å². The zero-order chi connectivity index (χ0) is 15.3. The normalized spacial score (nSPS) is 12.0. The third kappa shape index (κ3) is 4.18. The highest BCUT2D eigenvalue weighted by Gasteiger charge is 2.19. The molecule has 110 valence electrons. The molecule has 0 bridgehead atoms. The van der Waals surface area contributed by atoms with Crippen molar-refractivity contribution in [2.24, 2.45) is 0 Å². The fourth-order valence-electron chi connectivity index (χ4n) is 1.77. The number of hydrogen-bond donors (Lipinski definition) is 0. The van der Waals surface area contributed by atoms with E-state index in [2.05, 4.69) is 0 Å². The zero-order valence-corrected chi connectivity index (χ0v) is 12.4. The molecule has 0 heterocycles. The quantitative estimate of drug-likeness (QED) is 0.459. The van der Waals surface area contributed by atoms with Crippen molar-refractivity contribution in [2.75, 3.05) is 27.3 Å². The Bertz CT molecular complexity index is 507. The number of methoxy groups -OCH3 is 1. The third-order valence-corrected chi connectivity index (χ3v) is 3.08. The summed E-state index contributed by atoms with van der Waals surface area (Å²) in [5, 5.41) is 10.5. The van der Waals surface area contributed by atoms with Gasteiger partial charge in [0.05, 0.1) is 16.9 Å². The van der Waals surface area contributed by atoms with Gasteiger partial charge in [-0.15, -0.1) is 11.6 Å². The standard InChI is InChI=1S/C13H17ClN2O4/c1-9-4-5-10(6-12(9)16(18)19)13(17)15(2)7-11(14)8-20-3/h4-6,11H,7-8H2,1-3H3. The number of alkyl halides is 1. The van der Waals surface area contributed by atoms with E-state index in [-0.39, 0.29) is 22.5 Å². The number of hydrogen-bond acceptors (Lipinski definition) is 4. The lowest BCUT2D eigenvalue weighted by Crippen LogP contribution is -2.34. The van der Waals surface area contributed by atoms with Crippen molar-refractivity contribution in [1.29, 1.82) is 0 Å². The number of amides is 1. The highest BCUT2D eigenvalue weighted by atomic mass is 35.5. The number of nitrogens with zero attached hydrogens (tertiary/aromatic N) is 2. The van der Waals surface area contributed by atoms with Crippen LogP contribution in [-0.4, -0.2) is 48.4 Å². The molecule has 0 saturated carbocycles. The van der Waals surface area contributed by atoms with Crippen LogP contribution in [0, 0.1) is 17.0 Å². The summed E-state index contributed by atoms with van der Waals surface area (Å²) >= 11 is 5.99. The summed E-state index contributed by atoms with van der Waals surface area (Å²) in [6, 6.07) is 4.42. The molecule has 0 spiro atoms. The van der Waals surface area contributed by atoms with Gasteiger partial charge in [0.2, 0.25) is 0 Å². The summed E-state index contributed by atoms with van der Waals surface area (Å²) < 4.78 is 4.90. The van der Waals surface area contributed by atoms with Gasteiger partial charge in [0.25, 0.3) is 11.6 Å². The van der Waals surface area contributed by atoms with Crippen molar-refractivity contribution in [3.05, 3.63) is 39.4 Å². The Morgan fingerprint density at radius 3 is 2.75 bits per heavy atom. The molecule has 1 rings (SSSR count). The first kappa shape index (κ1) is 16.4. The van der Waals surface area contributed by atoms with Crippen molar-refractivity contribution in [3.8, 4) is 0 Å². The molecule has 0 aliphatic rings. The van der Waals surface area contributed by atoms with E-state index in [1.807, 2.05) is 0 Å². The highest BCUT2D eigenvalue weighted by molar-refractivity contribution is 6.21. The minimum atomic E-state index is -0.499. The van der Waals surface area contributed by atoms with Gasteiger partial charge in [-0.25, -0.2) is 0 Å². The third-order valence-electron chi connectivity index (χ3n) is 2.82. The maximum Gasteiger partial charge on any atom is 0.273 e. The van der Waals surface area contributed by atoms with Crippen LogP contribution in [0.15, 0.2) is 18.2 Å². The zero-order valence-electron chi connectivity index (χ0n) is 11.6. The van der Waals surface area contributed by atoms with Crippen LogP contribution in [0.1, 0.15) is 15.9 Å². The van der Waals surface area contributed by atoms with Crippen molar-refractivity contribution < 1.29 is 14.5 Å². The predicted molar refractivity (Wildman–Crippen MR) is 76.3 cm³/mol. The molecule has 6 nitrogen and oxygen atoms in total. The minimum absolute atomic E-state index is 0.0661. The van der Waals surface area contributed by atoms with Crippen molar-refractivity contribution in [3.63, 3.8) is 0 Å². The van der Waals surface area contributed by atoms with Crippen LogP contribution in [0.3, 0.4) is 0 Å². The van der Waals surface area contributed by atoms with E-state index in [1.54, 1.807) is 26.1 Å². The van der Waals surface area contributed by atoms with Crippen LogP contribution in [0.4, 0.5) is 5.69 Å². The molecule has 1 atom stereocenters. The SMILES string of the molecule is COCC(Cl)CN(C)C(=O)c1ccc(C)c([N+](=O)[O-])c1. The molecule has 0 aromatic heterocycles. The lowest BCUT2D eigenvalue weighted by Gasteiger charge is -2.20. The van der Waals surface area contributed by atoms with E-state index in [0.717, 1.165) is 0 Å². The van der Waals surface area contributed by atoms with Crippen LogP contribution in [0.5, 0.6) is 0 Å². The molecule has 1 unspecified atom stereocenters. The Hall–Kier alpha value is -1.66. The Balaban J connectivity index is 2.86. The second kappa shape index (κ2) is 7.21. The molecule has 0 saturated heterocycles. The van der Waals surface area contributed by atoms with Crippen molar-refractivity contribution >= 4 is 23.2 Å². The number of ether oxygens (including phenoxy) is 1. The fourth-order valence-corrected chi connectivity index (χ4v) is 2.11. The molecule has 1 amide bonds. The van der Waals surface area contributed by atoms with Gasteiger partial charge in [0, 0.05) is 37.9 Å². The van der Waals surface area contributed by atoms with E-state index in [0.29, 0.717) is 18.7 Å². The average molecular weight is 301 g/mol. The maximum atomic E-state index is 12.2. The van der Waals surface area contributed by atoms with Gasteiger partial charge in [-0.1, -0.05) is 6.07 Å². The van der Waals surface area contributed by atoms with E-state index in [4.69, 9.17) is 16.3 Å². The first-order chi connectivity index (χ1) is 9.36. The molecule has 0 aliphatic carbocycles. The largest absolute Gasteiger partial charge is 0.383 e. The topological polar surface area (TPSA) is 72.7 Å². The minimum Gasteiger partial charge on any atom is -0.383 e. The number of nitro benzene ring substituents is 1. The summed E-state index contributed by atoms with van der Waals surface area (Å²) in [6.45, 7) is 2.26. The van der Waals surface area contributed by atoms with Crippen LogP contribution >= 0.6 is 11.6 Å². The predicted octanol–water partition coefficient (Wildman–Crippen LogP) is 2.23. The maximum absolute atomic E-state index is 12.2. The fraction of sp³-hybridized carbons (Fsp3) is 0.462. The van der Waals surface area contributed by atoms with Gasteiger partial charge in [-0.3, -0.25) is 14.9 Å². The smallest absolute Gasteiger partial charge is 0.273 e. The van der Waals surface area contributed by atoms with Gasteiger partial charge in [0.1, 0.15) is 0 Å². The molecular formula is C13H17ClN2O4. The number of carbonyl (C=O) groups is 1. The molecule has 1 aromatic rings. The van der Waals surface area contributed by atoms with Gasteiger partial charge >= 0.3 is 0 Å². The summed E-state index contributed by atoms with van der Waals surface area (Å²) in [4.78, 5) is 24.0. The molecule has 0 aliphatic heterocycles. The average Bonchev–Trinajstić information content (AvgIpc) is 2.38. The van der Waals surface area contributed by atoms with Crippen molar-refractivity contribution in [1.82, 2.24) is 4.90 Å². The number of rotatable bonds is 6. The number of benzene rings is 1. The second-order valence-electron chi connectivity index (χ2n) is 4.50. The Morgan fingerprint density at radius 2 is 2.20 bits per heavy atom. The number of halogens is 1. The first-order valence-electron chi connectivity index (χ1n) is 6.00. The molecule has 1 aromatic carbocycles. The summed E-state index contributed by atoms with van der Waals surface area (Å²) in [5.41, 5.74) is 0.721. The Kier molecular flexibility index (Phi) is 5.91. The van der Waals surface area contributed by atoms with Crippen LogP contribution in [-0.2, 0) is 4.74 Å². The summed E-state index contributed by atoms with van der Waals surface area (Å²) in [6.07, 6.45) is 0. The van der Waals surface area contributed by atoms with E-state index < -0.39 is 4.92 Å².